The fraction of sp³-hybridized carbons (Fsp3) is 0.500. The first-order chi connectivity index (χ1) is 9.28. The molecule has 108 valence electrons. The molecule has 6 nitrogen and oxygen atoms in total. The van der Waals surface area contributed by atoms with Gasteiger partial charge in [-0.2, -0.15) is 0 Å². The minimum Gasteiger partial charge on any atom is -0.390 e. The van der Waals surface area contributed by atoms with E-state index in [1.165, 1.54) is 0 Å². The number of terminal acetylenes is 1. The number of H-pyrrole nitrogens is 1. The molecule has 0 aliphatic carbocycles. The van der Waals surface area contributed by atoms with Crippen LogP contribution in [0.15, 0.2) is 21.9 Å². The summed E-state index contributed by atoms with van der Waals surface area (Å²) < 4.78 is 34.5. The molecule has 0 aromatic carbocycles. The zero-order valence-corrected chi connectivity index (χ0v) is 10.5. The van der Waals surface area contributed by atoms with Gasteiger partial charge in [0.05, 0.1) is 5.92 Å². The van der Waals surface area contributed by atoms with Gasteiger partial charge in [0.2, 0.25) is 11.5 Å². The van der Waals surface area contributed by atoms with Crippen molar-refractivity contribution < 1.29 is 18.6 Å². The fourth-order valence-electron chi connectivity index (χ4n) is 2.14. The van der Waals surface area contributed by atoms with Crippen LogP contribution < -0.4 is 11.2 Å². The summed E-state index contributed by atoms with van der Waals surface area (Å²) >= 11 is 0. The van der Waals surface area contributed by atoms with Crippen molar-refractivity contribution in [3.8, 4) is 12.3 Å². The quantitative estimate of drug-likeness (QED) is 0.731. The summed E-state index contributed by atoms with van der Waals surface area (Å²) in [5, 5.41) is 9.02. The summed E-state index contributed by atoms with van der Waals surface area (Å²) in [6.07, 6.45) is 4.27. The summed E-state index contributed by atoms with van der Waals surface area (Å²) in [4.78, 5) is 24.5. The van der Waals surface area contributed by atoms with E-state index in [0.717, 1.165) is 19.2 Å². The highest BCUT2D eigenvalue weighted by molar-refractivity contribution is 5.19. The second kappa shape index (κ2) is 4.54. The summed E-state index contributed by atoms with van der Waals surface area (Å²) in [6, 6.07) is 0.948. The van der Waals surface area contributed by atoms with Crippen molar-refractivity contribution >= 4 is 0 Å². The van der Waals surface area contributed by atoms with Crippen molar-refractivity contribution in [2.75, 3.05) is 6.61 Å². The second-order valence-corrected chi connectivity index (χ2v) is 4.57. The Hall–Kier alpha value is -1.98. The number of halogens is 2. The maximum absolute atomic E-state index is 14.8. The minimum absolute atomic E-state index is 0.648. The number of aromatic amines is 1. The summed E-state index contributed by atoms with van der Waals surface area (Å²) in [6.45, 7) is 0.0168. The number of aliphatic hydroxyl groups excluding tert-OH is 1. The topological polar surface area (TPSA) is 84.3 Å². The molecule has 8 heteroatoms. The lowest BCUT2D eigenvalue weighted by atomic mass is 9.87. The first kappa shape index (κ1) is 14.4. The zero-order valence-electron chi connectivity index (χ0n) is 10.5. The number of hydrogen-bond acceptors (Lipinski definition) is 4. The van der Waals surface area contributed by atoms with Gasteiger partial charge in [-0.15, -0.1) is 6.42 Å². The van der Waals surface area contributed by atoms with Gasteiger partial charge < -0.3 is 9.84 Å². The van der Waals surface area contributed by atoms with E-state index in [1.807, 2.05) is 4.98 Å². The van der Waals surface area contributed by atoms with Gasteiger partial charge in [0.15, 0.2) is 6.23 Å². The molecule has 1 aromatic rings. The van der Waals surface area contributed by atoms with E-state index >= 15 is 0 Å². The predicted molar refractivity (Wildman–Crippen MR) is 64.2 cm³/mol. The Morgan fingerprint density at radius 1 is 1.60 bits per heavy atom. The van der Waals surface area contributed by atoms with Crippen LogP contribution in [0.4, 0.5) is 8.78 Å². The molecule has 0 unspecified atom stereocenters. The van der Waals surface area contributed by atoms with Crippen LogP contribution in [0.2, 0.25) is 0 Å². The molecule has 1 aliphatic rings. The number of hydrogen-bond donors (Lipinski definition) is 2. The molecule has 1 saturated heterocycles. The maximum atomic E-state index is 14.8. The van der Waals surface area contributed by atoms with Crippen molar-refractivity contribution in [3.63, 3.8) is 0 Å². The molecule has 1 aromatic heterocycles. The molecular weight excluding hydrogens is 274 g/mol. The molecule has 0 radical (unpaired) electrons. The monoisotopic (exact) mass is 286 g/mol. The average Bonchev–Trinajstić information content (AvgIpc) is 2.62. The third-order valence-corrected chi connectivity index (χ3v) is 3.48. The first-order valence-corrected chi connectivity index (χ1v) is 5.74. The van der Waals surface area contributed by atoms with Gasteiger partial charge >= 0.3 is 5.69 Å². The smallest absolute Gasteiger partial charge is 0.330 e. The average molecular weight is 286 g/mol. The van der Waals surface area contributed by atoms with E-state index in [1.54, 1.807) is 5.92 Å². The molecule has 0 amide bonds. The Kier molecular flexibility index (Phi) is 3.28. The molecule has 4 atom stereocenters. The van der Waals surface area contributed by atoms with Crippen molar-refractivity contribution in [1.29, 1.82) is 0 Å². The Morgan fingerprint density at radius 2 is 2.25 bits per heavy atom. The molecule has 2 N–H and O–H groups in total. The van der Waals surface area contributed by atoms with Gasteiger partial charge in [-0.25, -0.2) is 13.6 Å². The third kappa shape index (κ3) is 1.87. The van der Waals surface area contributed by atoms with E-state index in [4.69, 9.17) is 16.3 Å². The molecule has 1 fully saturated rings. The van der Waals surface area contributed by atoms with Crippen LogP contribution >= 0.6 is 0 Å². The molecule has 2 heterocycles. The number of rotatable bonds is 2. The maximum Gasteiger partial charge on any atom is 0.330 e. The molecular formula is C12H12F2N2O4. The molecule has 0 saturated carbocycles. The highest BCUT2D eigenvalue weighted by Crippen LogP contribution is 2.50. The summed E-state index contributed by atoms with van der Waals surface area (Å²) in [5.74, 6) is -2.45. The number of nitrogens with zero attached hydrogens (tertiary/aromatic N) is 1. The van der Waals surface area contributed by atoms with Gasteiger partial charge in [0.25, 0.3) is 5.56 Å². The fourth-order valence-corrected chi connectivity index (χ4v) is 2.14. The molecule has 1 aliphatic heterocycles. The zero-order chi connectivity index (χ0) is 15.1. The lowest BCUT2D eigenvalue weighted by molar-refractivity contribution is -0.192. The van der Waals surface area contributed by atoms with Crippen molar-refractivity contribution in [1.82, 2.24) is 9.55 Å². The van der Waals surface area contributed by atoms with Crippen LogP contribution in [0, 0.1) is 18.3 Å². The highest BCUT2D eigenvalue weighted by atomic mass is 19.2. The van der Waals surface area contributed by atoms with Gasteiger partial charge in [0.1, 0.15) is 6.61 Å². The van der Waals surface area contributed by atoms with E-state index in [0.29, 0.717) is 4.57 Å². The van der Waals surface area contributed by atoms with Crippen molar-refractivity contribution in [2.45, 2.75) is 24.7 Å². The number of aromatic nitrogens is 2. The van der Waals surface area contributed by atoms with Gasteiger partial charge in [-0.05, 0) is 0 Å². The lowest BCUT2D eigenvalue weighted by Gasteiger charge is -2.24. The number of nitrogens with one attached hydrogen (secondary N) is 1. The van der Waals surface area contributed by atoms with Crippen LogP contribution in [0.1, 0.15) is 13.2 Å². The Balaban J connectivity index is 2.59. The van der Waals surface area contributed by atoms with Crippen LogP contribution in [0.3, 0.4) is 0 Å². The number of aliphatic hydroxyl groups is 1. The standard InChI is InChI=1S/C12H12F2N2O4/c1-3-11(13)7(2)12(14,6-17)20-9(11)16-5-4-8(18)15-10(16)19/h1,4-5,7,9,17H,6H2,2H3,(H,15,18,19)/t7-,9+,11+,12+/m0/s1. The SMILES string of the molecule is C#C[C@]1(F)[C@H](n2ccc(=O)[nH]c2=O)O[C@](F)(CO)[C@H]1C. The van der Waals surface area contributed by atoms with Gasteiger partial charge in [-0.1, -0.05) is 12.8 Å². The Labute approximate surface area is 112 Å². The van der Waals surface area contributed by atoms with E-state index in [-0.39, 0.29) is 0 Å². The predicted octanol–water partition coefficient (Wildman–Crippen LogP) is -0.299. The highest BCUT2D eigenvalue weighted by Gasteiger charge is 2.64. The van der Waals surface area contributed by atoms with Gasteiger partial charge in [-0.3, -0.25) is 14.3 Å². The third-order valence-electron chi connectivity index (χ3n) is 3.48. The van der Waals surface area contributed by atoms with Crippen LogP contribution in [-0.2, 0) is 4.74 Å². The molecule has 2 rings (SSSR count). The van der Waals surface area contributed by atoms with Crippen LogP contribution in [0.5, 0.6) is 0 Å². The normalized spacial score (nSPS) is 36.8. The molecule has 0 spiro atoms. The summed E-state index contributed by atoms with van der Waals surface area (Å²) in [7, 11) is 0. The molecule has 0 bridgehead atoms. The number of ether oxygens (including phenoxy) is 1. The second-order valence-electron chi connectivity index (χ2n) is 4.57. The minimum atomic E-state index is -2.72. The van der Waals surface area contributed by atoms with Crippen LogP contribution in [0.25, 0.3) is 0 Å². The van der Waals surface area contributed by atoms with Crippen LogP contribution in [-0.4, -0.2) is 32.8 Å². The Morgan fingerprint density at radius 3 is 2.75 bits per heavy atom. The van der Waals surface area contributed by atoms with E-state index < -0.39 is 41.5 Å². The largest absolute Gasteiger partial charge is 0.390 e. The Bertz CT molecular complexity index is 679. The number of alkyl halides is 2. The summed E-state index contributed by atoms with van der Waals surface area (Å²) in [5.41, 5.74) is -4.34. The van der Waals surface area contributed by atoms with E-state index in [2.05, 4.69) is 0 Å². The van der Waals surface area contributed by atoms with Crippen molar-refractivity contribution in [2.24, 2.45) is 5.92 Å². The molecule has 20 heavy (non-hydrogen) atoms. The lowest BCUT2D eigenvalue weighted by Crippen LogP contribution is -2.42. The van der Waals surface area contributed by atoms with Crippen molar-refractivity contribution in [3.05, 3.63) is 33.1 Å². The first-order valence-electron chi connectivity index (χ1n) is 5.74. The van der Waals surface area contributed by atoms with E-state index in [9.17, 15) is 18.4 Å². The van der Waals surface area contributed by atoms with Gasteiger partial charge in [0, 0.05) is 12.3 Å².